The number of hydrogen-bond acceptors (Lipinski definition) is 4. The van der Waals surface area contributed by atoms with Gasteiger partial charge in [0, 0.05) is 31.0 Å². The quantitative estimate of drug-likeness (QED) is 0.910. The van der Waals surface area contributed by atoms with Crippen LogP contribution in [0.15, 0.2) is 29.2 Å². The van der Waals surface area contributed by atoms with E-state index in [-0.39, 0.29) is 0 Å². The van der Waals surface area contributed by atoms with Crippen LogP contribution in [0.3, 0.4) is 0 Å². The second-order valence-electron chi connectivity index (χ2n) is 6.51. The number of nitrogens with zero attached hydrogens (tertiary/aromatic N) is 1. The van der Waals surface area contributed by atoms with Gasteiger partial charge >= 0.3 is 0 Å². The van der Waals surface area contributed by atoms with Crippen molar-refractivity contribution < 1.29 is 13.5 Å². The van der Waals surface area contributed by atoms with Gasteiger partial charge < -0.3 is 10.0 Å². The van der Waals surface area contributed by atoms with Gasteiger partial charge in [-0.25, -0.2) is 8.42 Å². The molecule has 1 aliphatic heterocycles. The van der Waals surface area contributed by atoms with Crippen molar-refractivity contribution in [3.05, 3.63) is 24.3 Å². The minimum Gasteiger partial charge on any atom is -0.389 e. The molecule has 4 nitrogen and oxygen atoms in total. The summed E-state index contributed by atoms with van der Waals surface area (Å²) in [7, 11) is -3.14. The molecule has 3 rings (SSSR count). The number of fused-ring (bicyclic) bond motifs is 1. The van der Waals surface area contributed by atoms with E-state index in [9.17, 15) is 13.5 Å². The first-order valence-corrected chi connectivity index (χ1v) is 9.55. The summed E-state index contributed by atoms with van der Waals surface area (Å²) < 4.78 is 23.0. The predicted octanol–water partition coefficient (Wildman–Crippen LogP) is 2.22. The number of sulfone groups is 1. The van der Waals surface area contributed by atoms with Gasteiger partial charge in [-0.3, -0.25) is 0 Å². The lowest BCUT2D eigenvalue weighted by atomic mass is 9.71. The highest BCUT2D eigenvalue weighted by molar-refractivity contribution is 7.90. The zero-order valence-electron chi connectivity index (χ0n) is 12.5. The molecule has 2 atom stereocenters. The van der Waals surface area contributed by atoms with E-state index in [1.807, 2.05) is 12.1 Å². The van der Waals surface area contributed by atoms with E-state index in [1.165, 1.54) is 12.7 Å². The lowest BCUT2D eigenvalue weighted by molar-refractivity contribution is -0.0612. The Morgan fingerprint density at radius 1 is 1.19 bits per heavy atom. The third-order valence-corrected chi connectivity index (χ3v) is 6.19. The summed E-state index contributed by atoms with van der Waals surface area (Å²) in [5.74, 6) is 0.342. The summed E-state index contributed by atoms with van der Waals surface area (Å²) >= 11 is 0. The van der Waals surface area contributed by atoms with Crippen LogP contribution in [0.25, 0.3) is 0 Å². The second-order valence-corrected chi connectivity index (χ2v) is 8.52. The van der Waals surface area contributed by atoms with E-state index >= 15 is 0 Å². The molecule has 0 bridgehead atoms. The van der Waals surface area contributed by atoms with Gasteiger partial charge in [-0.1, -0.05) is 12.8 Å². The fourth-order valence-electron chi connectivity index (χ4n) is 3.71. The maximum atomic E-state index is 11.5. The minimum absolute atomic E-state index is 0.342. The predicted molar refractivity (Wildman–Crippen MR) is 83.3 cm³/mol. The molecule has 1 aromatic carbocycles. The molecular formula is C16H23NO3S. The number of aliphatic hydroxyl groups is 1. The van der Waals surface area contributed by atoms with Crippen molar-refractivity contribution in [2.45, 2.75) is 42.6 Å². The molecule has 1 aliphatic carbocycles. The van der Waals surface area contributed by atoms with Crippen molar-refractivity contribution in [2.75, 3.05) is 24.2 Å². The highest BCUT2D eigenvalue weighted by Crippen LogP contribution is 2.40. The first-order valence-electron chi connectivity index (χ1n) is 7.66. The van der Waals surface area contributed by atoms with E-state index < -0.39 is 15.4 Å². The molecule has 0 radical (unpaired) electrons. The average molecular weight is 309 g/mol. The summed E-state index contributed by atoms with van der Waals surface area (Å²) in [6.07, 6.45) is 6.40. The number of anilines is 1. The van der Waals surface area contributed by atoms with Crippen molar-refractivity contribution in [1.29, 1.82) is 0 Å². The summed E-state index contributed by atoms with van der Waals surface area (Å²) in [6.45, 7) is 1.71. The van der Waals surface area contributed by atoms with Crippen LogP contribution in [-0.2, 0) is 9.84 Å². The van der Waals surface area contributed by atoms with Gasteiger partial charge in [-0.05, 0) is 43.5 Å². The fourth-order valence-corrected chi connectivity index (χ4v) is 4.34. The lowest BCUT2D eigenvalue weighted by Crippen LogP contribution is -2.53. The largest absolute Gasteiger partial charge is 0.389 e. The van der Waals surface area contributed by atoms with Gasteiger partial charge in [-0.2, -0.15) is 0 Å². The maximum Gasteiger partial charge on any atom is 0.175 e. The van der Waals surface area contributed by atoms with Crippen LogP contribution in [0.4, 0.5) is 5.69 Å². The normalized spacial score (nSPS) is 30.0. The van der Waals surface area contributed by atoms with Gasteiger partial charge in [0.05, 0.1) is 10.5 Å². The third kappa shape index (κ3) is 2.94. The average Bonchev–Trinajstić information content (AvgIpc) is 2.45. The smallest absolute Gasteiger partial charge is 0.175 e. The molecular weight excluding hydrogens is 286 g/mol. The van der Waals surface area contributed by atoms with Crippen molar-refractivity contribution in [1.82, 2.24) is 0 Å². The summed E-state index contributed by atoms with van der Waals surface area (Å²) in [4.78, 5) is 2.63. The Hall–Kier alpha value is -1.07. The summed E-state index contributed by atoms with van der Waals surface area (Å²) in [5, 5.41) is 10.7. The zero-order chi connectivity index (χ0) is 15.1. The van der Waals surface area contributed by atoms with Gasteiger partial charge in [0.2, 0.25) is 0 Å². The van der Waals surface area contributed by atoms with Crippen LogP contribution < -0.4 is 4.90 Å². The topological polar surface area (TPSA) is 57.6 Å². The molecule has 1 saturated carbocycles. The number of rotatable bonds is 2. The molecule has 21 heavy (non-hydrogen) atoms. The Balaban J connectivity index is 1.76. The van der Waals surface area contributed by atoms with Gasteiger partial charge in [0.15, 0.2) is 9.84 Å². The fraction of sp³-hybridized carbons (Fsp3) is 0.625. The molecule has 0 aromatic heterocycles. The van der Waals surface area contributed by atoms with Crippen LogP contribution in [0.1, 0.15) is 32.1 Å². The van der Waals surface area contributed by atoms with Crippen molar-refractivity contribution in [3.63, 3.8) is 0 Å². The first kappa shape index (κ1) is 14.9. The molecule has 2 unspecified atom stereocenters. The SMILES string of the molecule is CS(=O)(=O)c1ccc(N2CCC3(O)CCCCC3C2)cc1. The lowest BCUT2D eigenvalue weighted by Gasteiger charge is -2.48. The number of benzene rings is 1. The molecule has 2 aliphatic rings. The Morgan fingerprint density at radius 2 is 1.90 bits per heavy atom. The summed E-state index contributed by atoms with van der Waals surface area (Å²) in [6, 6.07) is 7.10. The first-order chi connectivity index (χ1) is 9.88. The van der Waals surface area contributed by atoms with Crippen LogP contribution in [-0.4, -0.2) is 38.5 Å². The highest BCUT2D eigenvalue weighted by atomic mass is 32.2. The third-order valence-electron chi connectivity index (χ3n) is 5.06. The summed E-state index contributed by atoms with van der Waals surface area (Å²) in [5.41, 5.74) is 0.580. The van der Waals surface area contributed by atoms with Gasteiger partial charge in [0.1, 0.15) is 0 Å². The maximum absolute atomic E-state index is 11.5. The van der Waals surface area contributed by atoms with Crippen LogP contribution >= 0.6 is 0 Å². The molecule has 0 spiro atoms. The van der Waals surface area contributed by atoms with E-state index in [2.05, 4.69) is 4.90 Å². The molecule has 5 heteroatoms. The van der Waals surface area contributed by atoms with E-state index in [1.54, 1.807) is 12.1 Å². The van der Waals surface area contributed by atoms with Crippen molar-refractivity contribution in [2.24, 2.45) is 5.92 Å². The van der Waals surface area contributed by atoms with Crippen LogP contribution in [0, 0.1) is 5.92 Å². The Labute approximate surface area is 126 Å². The molecule has 1 heterocycles. The molecule has 1 aromatic rings. The molecule has 116 valence electrons. The second kappa shape index (κ2) is 5.29. The van der Waals surface area contributed by atoms with Crippen molar-refractivity contribution in [3.8, 4) is 0 Å². The minimum atomic E-state index is -3.14. The molecule has 2 fully saturated rings. The highest BCUT2D eigenvalue weighted by Gasteiger charge is 2.42. The Kier molecular flexibility index (Phi) is 3.74. The number of piperidine rings is 1. The molecule has 1 saturated heterocycles. The standard InChI is InChI=1S/C16H23NO3S/c1-21(19,20)15-7-5-14(6-8-15)17-11-10-16(18)9-3-2-4-13(16)12-17/h5-8,13,18H,2-4,9-12H2,1H3. The number of hydrogen-bond donors (Lipinski definition) is 1. The monoisotopic (exact) mass is 309 g/mol. The van der Waals surface area contributed by atoms with E-state index in [0.29, 0.717) is 10.8 Å². The molecule has 1 N–H and O–H groups in total. The van der Waals surface area contributed by atoms with E-state index in [0.717, 1.165) is 44.5 Å². The Bertz CT molecular complexity index is 611. The van der Waals surface area contributed by atoms with Crippen molar-refractivity contribution >= 4 is 15.5 Å². The van der Waals surface area contributed by atoms with Crippen LogP contribution in [0.5, 0.6) is 0 Å². The molecule has 0 amide bonds. The van der Waals surface area contributed by atoms with E-state index in [4.69, 9.17) is 0 Å². The van der Waals surface area contributed by atoms with Crippen LogP contribution in [0.2, 0.25) is 0 Å². The van der Waals surface area contributed by atoms with Gasteiger partial charge in [-0.15, -0.1) is 0 Å². The Morgan fingerprint density at radius 3 is 2.57 bits per heavy atom. The van der Waals surface area contributed by atoms with Gasteiger partial charge in [0.25, 0.3) is 0 Å². The zero-order valence-corrected chi connectivity index (χ0v) is 13.3.